The molecule has 0 unspecified atom stereocenters. The number of halogens is 1. The van der Waals surface area contributed by atoms with Gasteiger partial charge >= 0.3 is 5.97 Å². The van der Waals surface area contributed by atoms with Crippen LogP contribution in [0.15, 0.2) is 59.6 Å². The fourth-order valence-electron chi connectivity index (χ4n) is 3.30. The van der Waals surface area contributed by atoms with Gasteiger partial charge in [0.05, 0.1) is 18.6 Å². The van der Waals surface area contributed by atoms with E-state index in [0.717, 1.165) is 27.6 Å². The number of fused-ring (bicyclic) bond motifs is 1. The lowest BCUT2D eigenvalue weighted by molar-refractivity contribution is -0.141. The molecule has 1 aliphatic rings. The lowest BCUT2D eigenvalue weighted by Gasteiger charge is -2.12. The first-order valence-corrected chi connectivity index (χ1v) is 9.93. The molecule has 0 radical (unpaired) electrons. The maximum atomic E-state index is 13.9. The van der Waals surface area contributed by atoms with E-state index in [1.807, 2.05) is 24.3 Å². The molecule has 6 nitrogen and oxygen atoms in total. The fraction of sp³-hybridized carbons (Fsp3) is 0.136. The van der Waals surface area contributed by atoms with Crippen LogP contribution in [0.4, 0.5) is 9.18 Å². The highest BCUT2D eigenvalue weighted by Gasteiger charge is 2.35. The van der Waals surface area contributed by atoms with E-state index in [0.29, 0.717) is 5.56 Å². The molecule has 0 aliphatic carbocycles. The van der Waals surface area contributed by atoms with Crippen molar-refractivity contribution < 1.29 is 23.5 Å². The van der Waals surface area contributed by atoms with Gasteiger partial charge in [-0.2, -0.15) is 0 Å². The molecule has 0 atom stereocenters. The van der Waals surface area contributed by atoms with Gasteiger partial charge in [0, 0.05) is 28.2 Å². The van der Waals surface area contributed by atoms with Gasteiger partial charge in [-0.1, -0.05) is 36.4 Å². The quantitative estimate of drug-likeness (QED) is 0.454. The zero-order valence-corrected chi connectivity index (χ0v) is 16.8. The van der Waals surface area contributed by atoms with Crippen molar-refractivity contribution in [1.82, 2.24) is 9.47 Å². The minimum absolute atomic E-state index is 0.0274. The number of hydrogen-bond donors (Lipinski definition) is 0. The van der Waals surface area contributed by atoms with Crippen molar-refractivity contribution in [2.75, 3.05) is 7.11 Å². The van der Waals surface area contributed by atoms with Gasteiger partial charge in [-0.3, -0.25) is 19.3 Å². The molecule has 4 rings (SSSR count). The van der Waals surface area contributed by atoms with Crippen LogP contribution in [0.2, 0.25) is 0 Å². The molecule has 30 heavy (non-hydrogen) atoms. The Hall–Kier alpha value is -3.39. The molecule has 2 aromatic carbocycles. The van der Waals surface area contributed by atoms with E-state index in [1.54, 1.807) is 35.0 Å². The van der Waals surface area contributed by atoms with Gasteiger partial charge in [-0.05, 0) is 30.0 Å². The smallest absolute Gasteiger partial charge is 0.325 e. The number of amides is 2. The zero-order chi connectivity index (χ0) is 21.3. The van der Waals surface area contributed by atoms with Gasteiger partial charge < -0.3 is 9.30 Å². The van der Waals surface area contributed by atoms with Gasteiger partial charge in [-0.15, -0.1) is 0 Å². The number of thioether (sulfide) groups is 1. The molecule has 1 aliphatic heterocycles. The molecule has 3 aromatic rings. The predicted octanol–water partition coefficient (Wildman–Crippen LogP) is 4.19. The Bertz CT molecular complexity index is 1200. The van der Waals surface area contributed by atoms with Crippen LogP contribution in [0.25, 0.3) is 17.0 Å². The van der Waals surface area contributed by atoms with Crippen LogP contribution in [0, 0.1) is 5.82 Å². The molecule has 0 bridgehead atoms. The van der Waals surface area contributed by atoms with E-state index in [4.69, 9.17) is 4.74 Å². The van der Waals surface area contributed by atoms with Crippen molar-refractivity contribution >= 4 is 45.9 Å². The molecule has 0 spiro atoms. The maximum Gasteiger partial charge on any atom is 0.325 e. The van der Waals surface area contributed by atoms with Crippen molar-refractivity contribution in [3.8, 4) is 0 Å². The number of benzene rings is 2. The molecule has 2 amide bonds. The van der Waals surface area contributed by atoms with E-state index < -0.39 is 22.9 Å². The van der Waals surface area contributed by atoms with E-state index in [1.165, 1.54) is 13.2 Å². The van der Waals surface area contributed by atoms with Gasteiger partial charge in [0.2, 0.25) is 0 Å². The summed E-state index contributed by atoms with van der Waals surface area (Å²) in [7, 11) is 1.32. The monoisotopic (exact) mass is 424 g/mol. The number of hydrogen-bond acceptors (Lipinski definition) is 5. The lowest BCUT2D eigenvalue weighted by atomic mass is 10.1. The Kier molecular flexibility index (Phi) is 5.41. The Balaban J connectivity index is 1.66. The van der Waals surface area contributed by atoms with Gasteiger partial charge in [-0.25, -0.2) is 4.39 Å². The third kappa shape index (κ3) is 3.73. The summed E-state index contributed by atoms with van der Waals surface area (Å²) < 4.78 is 20.4. The van der Waals surface area contributed by atoms with Crippen molar-refractivity contribution in [3.63, 3.8) is 0 Å². The summed E-state index contributed by atoms with van der Waals surface area (Å²) in [6.45, 7) is -0.0988. The zero-order valence-electron chi connectivity index (χ0n) is 16.0. The van der Waals surface area contributed by atoms with E-state index in [9.17, 15) is 18.8 Å². The molecule has 0 saturated carbocycles. The van der Waals surface area contributed by atoms with Crippen LogP contribution in [-0.2, 0) is 27.4 Å². The van der Waals surface area contributed by atoms with Gasteiger partial charge in [0.15, 0.2) is 0 Å². The molecule has 0 N–H and O–H groups in total. The van der Waals surface area contributed by atoms with Crippen LogP contribution < -0.4 is 0 Å². The SMILES string of the molecule is COC(=O)Cn1cc(/C=C2\SC(=O)N(Cc3ccccc3F)C2=O)c2ccccc21. The molecule has 152 valence electrons. The molecule has 1 saturated heterocycles. The number of para-hydroxylation sites is 1. The van der Waals surface area contributed by atoms with Gasteiger partial charge in [0.25, 0.3) is 11.1 Å². The van der Waals surface area contributed by atoms with Crippen LogP contribution in [0.3, 0.4) is 0 Å². The van der Waals surface area contributed by atoms with Crippen molar-refractivity contribution in [3.05, 3.63) is 76.6 Å². The predicted molar refractivity (Wildman–Crippen MR) is 112 cm³/mol. The standard InChI is InChI=1S/C22H17FN2O4S/c1-29-20(26)13-24-11-15(16-7-3-5-9-18(16)24)10-19-21(27)25(22(28)30-19)12-14-6-2-4-8-17(14)23/h2-11H,12-13H2,1H3/b19-10-. The van der Waals surface area contributed by atoms with Crippen LogP contribution >= 0.6 is 11.8 Å². The van der Waals surface area contributed by atoms with E-state index in [2.05, 4.69) is 0 Å². The number of rotatable bonds is 5. The van der Waals surface area contributed by atoms with E-state index in [-0.39, 0.29) is 23.6 Å². The second-order valence-corrected chi connectivity index (χ2v) is 7.66. The Morgan fingerprint density at radius 3 is 2.63 bits per heavy atom. The minimum atomic E-state index is -0.474. The summed E-state index contributed by atoms with van der Waals surface area (Å²) in [4.78, 5) is 38.2. The number of imide groups is 1. The minimum Gasteiger partial charge on any atom is -0.468 e. The van der Waals surface area contributed by atoms with Gasteiger partial charge in [0.1, 0.15) is 12.4 Å². The molecular formula is C22H17FN2O4S. The largest absolute Gasteiger partial charge is 0.468 e. The average molecular weight is 424 g/mol. The van der Waals surface area contributed by atoms with Crippen molar-refractivity contribution in [2.24, 2.45) is 0 Å². The summed E-state index contributed by atoms with van der Waals surface area (Å²) in [5.41, 5.74) is 1.78. The summed E-state index contributed by atoms with van der Waals surface area (Å²) in [6.07, 6.45) is 3.37. The van der Waals surface area contributed by atoms with Crippen LogP contribution in [0.1, 0.15) is 11.1 Å². The first kappa shape index (κ1) is 19.9. The first-order valence-electron chi connectivity index (χ1n) is 9.11. The maximum absolute atomic E-state index is 13.9. The summed E-state index contributed by atoms with van der Waals surface area (Å²) in [5.74, 6) is -1.34. The summed E-state index contributed by atoms with van der Waals surface area (Å²) in [5, 5.41) is 0.384. The Labute approximate surface area is 175 Å². The number of nitrogens with zero attached hydrogens (tertiary/aromatic N) is 2. The molecule has 1 aromatic heterocycles. The Morgan fingerprint density at radius 2 is 1.87 bits per heavy atom. The molecule has 1 fully saturated rings. The highest BCUT2D eigenvalue weighted by atomic mass is 32.2. The topological polar surface area (TPSA) is 68.6 Å². The number of carbonyl (C=O) groups excluding carboxylic acids is 3. The summed E-state index contributed by atoms with van der Waals surface area (Å²) >= 11 is 0.813. The fourth-order valence-corrected chi connectivity index (χ4v) is 4.13. The number of methoxy groups -OCH3 is 1. The second-order valence-electron chi connectivity index (χ2n) is 6.66. The number of aromatic nitrogens is 1. The molecule has 8 heteroatoms. The lowest BCUT2D eigenvalue weighted by Crippen LogP contribution is -2.27. The first-order chi connectivity index (χ1) is 14.5. The van der Waals surface area contributed by atoms with Crippen molar-refractivity contribution in [2.45, 2.75) is 13.1 Å². The van der Waals surface area contributed by atoms with Crippen LogP contribution in [0.5, 0.6) is 0 Å². The molecular weight excluding hydrogens is 407 g/mol. The average Bonchev–Trinajstić information content (AvgIpc) is 3.22. The third-order valence-corrected chi connectivity index (χ3v) is 5.70. The van der Waals surface area contributed by atoms with E-state index >= 15 is 0 Å². The normalized spacial score (nSPS) is 15.4. The third-order valence-electron chi connectivity index (χ3n) is 4.79. The highest BCUT2D eigenvalue weighted by molar-refractivity contribution is 8.18. The number of esters is 1. The molecule has 2 heterocycles. The number of carbonyl (C=O) groups is 3. The van der Waals surface area contributed by atoms with Crippen LogP contribution in [-0.4, -0.2) is 33.7 Å². The Morgan fingerprint density at radius 1 is 1.13 bits per heavy atom. The number of ether oxygens (including phenoxy) is 1. The van der Waals surface area contributed by atoms with Crippen molar-refractivity contribution in [1.29, 1.82) is 0 Å². The summed E-state index contributed by atoms with van der Waals surface area (Å²) in [6, 6.07) is 13.5. The highest BCUT2D eigenvalue weighted by Crippen LogP contribution is 2.35. The second kappa shape index (κ2) is 8.16.